The largest absolute Gasteiger partial charge is 0.371 e. The molecule has 1 aliphatic carbocycles. The number of hydrogen-bond acceptors (Lipinski definition) is 3. The number of nitrogens with one attached hydrogen (secondary N) is 1. The lowest BCUT2D eigenvalue weighted by Gasteiger charge is -2.37. The summed E-state index contributed by atoms with van der Waals surface area (Å²) in [5.74, 6) is 0.867. The minimum absolute atomic E-state index is 0.748. The maximum absolute atomic E-state index is 3.50. The molecule has 2 unspecified atom stereocenters. The highest BCUT2D eigenvalue weighted by atomic mass is 15.2. The van der Waals surface area contributed by atoms with Gasteiger partial charge in [0.2, 0.25) is 0 Å². The number of hydrogen-bond donors (Lipinski definition) is 1. The van der Waals surface area contributed by atoms with Gasteiger partial charge in [0.1, 0.15) is 0 Å². The van der Waals surface area contributed by atoms with Crippen molar-refractivity contribution >= 4 is 11.4 Å². The lowest BCUT2D eigenvalue weighted by molar-refractivity contribution is 0.400. The van der Waals surface area contributed by atoms with E-state index in [9.17, 15) is 0 Å². The standard InChI is InChI=1S/C17H27N3/c1-18-15-7-5-6-14(15)10-11-20-13-12-19(2)16-8-3-4-9-17(16)20/h3-4,8-9,14-15,18H,5-7,10-13H2,1-2H3. The molecule has 1 N–H and O–H groups in total. The van der Waals surface area contributed by atoms with Crippen molar-refractivity contribution in [3.63, 3.8) is 0 Å². The fraction of sp³-hybridized carbons (Fsp3) is 0.647. The Balaban J connectivity index is 1.65. The second kappa shape index (κ2) is 6.04. The molecule has 0 radical (unpaired) electrons. The van der Waals surface area contributed by atoms with E-state index in [1.165, 1.54) is 43.6 Å². The number of rotatable bonds is 4. The van der Waals surface area contributed by atoms with E-state index in [2.05, 4.69) is 53.5 Å². The third kappa shape index (κ3) is 2.64. The number of nitrogens with zero attached hydrogens (tertiary/aromatic N) is 2. The molecule has 20 heavy (non-hydrogen) atoms. The van der Waals surface area contributed by atoms with Crippen LogP contribution >= 0.6 is 0 Å². The quantitative estimate of drug-likeness (QED) is 0.910. The highest BCUT2D eigenvalue weighted by molar-refractivity contribution is 5.73. The van der Waals surface area contributed by atoms with Crippen LogP contribution in [0.1, 0.15) is 25.7 Å². The van der Waals surface area contributed by atoms with Gasteiger partial charge in [-0.3, -0.25) is 0 Å². The summed E-state index contributed by atoms with van der Waals surface area (Å²) in [4.78, 5) is 4.96. The summed E-state index contributed by atoms with van der Waals surface area (Å²) in [6, 6.07) is 9.57. The molecule has 3 rings (SSSR count). The van der Waals surface area contributed by atoms with Crippen LogP contribution in [0.15, 0.2) is 24.3 Å². The average Bonchev–Trinajstić information content (AvgIpc) is 2.94. The van der Waals surface area contributed by atoms with Crippen LogP contribution in [0.3, 0.4) is 0 Å². The zero-order valence-electron chi connectivity index (χ0n) is 12.8. The van der Waals surface area contributed by atoms with E-state index in [1.54, 1.807) is 0 Å². The van der Waals surface area contributed by atoms with Gasteiger partial charge in [0, 0.05) is 32.7 Å². The van der Waals surface area contributed by atoms with E-state index in [-0.39, 0.29) is 0 Å². The Morgan fingerprint density at radius 2 is 1.95 bits per heavy atom. The van der Waals surface area contributed by atoms with Gasteiger partial charge in [0.25, 0.3) is 0 Å². The first-order valence-corrected chi connectivity index (χ1v) is 8.02. The van der Waals surface area contributed by atoms with Gasteiger partial charge < -0.3 is 15.1 Å². The van der Waals surface area contributed by atoms with Crippen molar-refractivity contribution in [2.24, 2.45) is 5.92 Å². The number of para-hydroxylation sites is 2. The van der Waals surface area contributed by atoms with Crippen LogP contribution in [0, 0.1) is 5.92 Å². The summed E-state index contributed by atoms with van der Waals surface area (Å²) in [5.41, 5.74) is 2.80. The van der Waals surface area contributed by atoms with Crippen molar-refractivity contribution in [2.75, 3.05) is 43.5 Å². The van der Waals surface area contributed by atoms with Crippen molar-refractivity contribution < 1.29 is 0 Å². The summed E-state index contributed by atoms with van der Waals surface area (Å²) in [5, 5.41) is 3.50. The topological polar surface area (TPSA) is 18.5 Å². The summed E-state index contributed by atoms with van der Waals surface area (Å²) >= 11 is 0. The summed E-state index contributed by atoms with van der Waals surface area (Å²) in [6.07, 6.45) is 5.49. The van der Waals surface area contributed by atoms with E-state index in [0.29, 0.717) is 0 Å². The van der Waals surface area contributed by atoms with Gasteiger partial charge in [0.15, 0.2) is 0 Å². The van der Waals surface area contributed by atoms with E-state index >= 15 is 0 Å². The Morgan fingerprint density at radius 1 is 1.15 bits per heavy atom. The van der Waals surface area contributed by atoms with Crippen LogP contribution in [0.4, 0.5) is 11.4 Å². The van der Waals surface area contributed by atoms with E-state index in [4.69, 9.17) is 0 Å². The molecule has 2 aliphatic rings. The van der Waals surface area contributed by atoms with Gasteiger partial charge in [-0.15, -0.1) is 0 Å². The molecule has 3 heteroatoms. The first kappa shape index (κ1) is 13.7. The van der Waals surface area contributed by atoms with Gasteiger partial charge in [0.05, 0.1) is 11.4 Å². The van der Waals surface area contributed by atoms with Crippen LogP contribution in [0.2, 0.25) is 0 Å². The van der Waals surface area contributed by atoms with Gasteiger partial charge >= 0.3 is 0 Å². The van der Waals surface area contributed by atoms with Crippen molar-refractivity contribution in [3.05, 3.63) is 24.3 Å². The molecule has 0 spiro atoms. The zero-order chi connectivity index (χ0) is 13.9. The van der Waals surface area contributed by atoms with E-state index in [1.807, 2.05) is 0 Å². The van der Waals surface area contributed by atoms with Crippen LogP contribution in [0.5, 0.6) is 0 Å². The van der Waals surface area contributed by atoms with Gasteiger partial charge in [-0.05, 0) is 44.4 Å². The molecule has 0 saturated heterocycles. The molecular formula is C17H27N3. The molecule has 1 aromatic carbocycles. The highest BCUT2D eigenvalue weighted by Gasteiger charge is 2.27. The molecule has 3 nitrogen and oxygen atoms in total. The van der Waals surface area contributed by atoms with E-state index in [0.717, 1.165) is 25.0 Å². The SMILES string of the molecule is CNC1CCCC1CCN1CCN(C)c2ccccc21. The molecule has 0 aromatic heterocycles. The minimum Gasteiger partial charge on any atom is -0.371 e. The van der Waals surface area contributed by atoms with Crippen LogP contribution in [-0.4, -0.2) is 39.8 Å². The van der Waals surface area contributed by atoms with Gasteiger partial charge in [-0.25, -0.2) is 0 Å². The maximum atomic E-state index is 3.50. The fourth-order valence-corrected chi connectivity index (χ4v) is 3.88. The van der Waals surface area contributed by atoms with Gasteiger partial charge in [-0.2, -0.15) is 0 Å². The first-order valence-electron chi connectivity index (χ1n) is 8.02. The molecule has 1 fully saturated rings. The Morgan fingerprint density at radius 3 is 2.75 bits per heavy atom. The van der Waals surface area contributed by atoms with Crippen LogP contribution in [0.25, 0.3) is 0 Å². The predicted octanol–water partition coefficient (Wildman–Crippen LogP) is 2.72. The van der Waals surface area contributed by atoms with Crippen molar-refractivity contribution in [1.29, 1.82) is 0 Å². The predicted molar refractivity (Wildman–Crippen MR) is 86.7 cm³/mol. The summed E-state index contributed by atoms with van der Waals surface area (Å²) in [7, 11) is 4.32. The molecule has 1 aromatic rings. The number of likely N-dealkylation sites (N-methyl/N-ethyl adjacent to an activating group) is 1. The number of benzene rings is 1. The third-order valence-electron chi connectivity index (χ3n) is 5.14. The van der Waals surface area contributed by atoms with Crippen LogP contribution in [-0.2, 0) is 0 Å². The molecule has 1 aliphatic heterocycles. The second-order valence-corrected chi connectivity index (χ2v) is 6.27. The maximum Gasteiger partial charge on any atom is 0.0604 e. The second-order valence-electron chi connectivity index (χ2n) is 6.27. The highest BCUT2D eigenvalue weighted by Crippen LogP contribution is 2.33. The van der Waals surface area contributed by atoms with Crippen molar-refractivity contribution in [3.8, 4) is 0 Å². The lowest BCUT2D eigenvalue weighted by Crippen LogP contribution is -2.41. The minimum atomic E-state index is 0.748. The molecular weight excluding hydrogens is 246 g/mol. The fourth-order valence-electron chi connectivity index (χ4n) is 3.88. The number of fused-ring (bicyclic) bond motifs is 1. The number of anilines is 2. The molecule has 1 heterocycles. The van der Waals surface area contributed by atoms with Crippen LogP contribution < -0.4 is 15.1 Å². The summed E-state index contributed by atoms with van der Waals surface area (Å²) in [6.45, 7) is 3.50. The first-order chi connectivity index (χ1) is 9.79. The Hall–Kier alpha value is -1.22. The average molecular weight is 273 g/mol. The lowest BCUT2D eigenvalue weighted by atomic mass is 9.99. The third-order valence-corrected chi connectivity index (χ3v) is 5.14. The molecule has 110 valence electrons. The molecule has 1 saturated carbocycles. The normalized spacial score (nSPS) is 25.9. The monoisotopic (exact) mass is 273 g/mol. The Bertz CT molecular complexity index is 446. The summed E-state index contributed by atoms with van der Waals surface area (Å²) < 4.78 is 0. The molecule has 2 atom stereocenters. The smallest absolute Gasteiger partial charge is 0.0604 e. The van der Waals surface area contributed by atoms with Gasteiger partial charge in [-0.1, -0.05) is 18.6 Å². The van der Waals surface area contributed by atoms with E-state index < -0.39 is 0 Å². The molecule has 0 bridgehead atoms. The molecule has 0 amide bonds. The van der Waals surface area contributed by atoms with Crippen molar-refractivity contribution in [2.45, 2.75) is 31.7 Å². The Labute approximate surface area is 123 Å². The Kier molecular flexibility index (Phi) is 4.16. The zero-order valence-corrected chi connectivity index (χ0v) is 12.8. The van der Waals surface area contributed by atoms with Crippen molar-refractivity contribution in [1.82, 2.24) is 5.32 Å².